The van der Waals surface area contributed by atoms with Gasteiger partial charge in [0.05, 0.1) is 24.9 Å². The van der Waals surface area contributed by atoms with E-state index in [1.807, 2.05) is 0 Å². The molecule has 1 N–H and O–H groups in total. The maximum Gasteiger partial charge on any atom is 0.0755 e. The zero-order chi connectivity index (χ0) is 10.4. The van der Waals surface area contributed by atoms with E-state index in [0.29, 0.717) is 18.2 Å². The summed E-state index contributed by atoms with van der Waals surface area (Å²) in [4.78, 5) is 0. The molecule has 1 rings (SSSR count). The van der Waals surface area contributed by atoms with Crippen LogP contribution in [0.4, 0.5) is 0 Å². The maximum atomic E-state index is 5.83. The quantitative estimate of drug-likeness (QED) is 0.707. The predicted molar refractivity (Wildman–Crippen MR) is 57.5 cm³/mol. The molecule has 0 spiro atoms. The third-order valence-corrected chi connectivity index (χ3v) is 2.72. The summed E-state index contributed by atoms with van der Waals surface area (Å²) in [7, 11) is 1.75. The number of methoxy groups -OCH3 is 1. The molecule has 3 atom stereocenters. The van der Waals surface area contributed by atoms with Crippen molar-refractivity contribution in [2.24, 2.45) is 0 Å². The Morgan fingerprint density at radius 3 is 2.79 bits per heavy atom. The summed E-state index contributed by atoms with van der Waals surface area (Å²) in [6, 6.07) is 0.366. The van der Waals surface area contributed by atoms with Crippen LogP contribution in [0.1, 0.15) is 33.1 Å². The van der Waals surface area contributed by atoms with Gasteiger partial charge < -0.3 is 14.8 Å². The van der Waals surface area contributed by atoms with E-state index in [4.69, 9.17) is 9.47 Å². The van der Waals surface area contributed by atoms with Gasteiger partial charge in [-0.15, -0.1) is 0 Å². The van der Waals surface area contributed by atoms with Gasteiger partial charge in [-0.3, -0.25) is 0 Å². The first-order valence-electron chi connectivity index (χ1n) is 5.65. The molecule has 0 aromatic rings. The van der Waals surface area contributed by atoms with Gasteiger partial charge in [-0.05, 0) is 32.7 Å². The monoisotopic (exact) mass is 201 g/mol. The predicted octanol–water partition coefficient (Wildman–Crippen LogP) is 1.57. The second kappa shape index (κ2) is 6.38. The van der Waals surface area contributed by atoms with Gasteiger partial charge in [0.1, 0.15) is 0 Å². The molecule has 14 heavy (non-hydrogen) atoms. The molecule has 0 aromatic heterocycles. The molecule has 1 aliphatic heterocycles. The van der Waals surface area contributed by atoms with Gasteiger partial charge in [-0.2, -0.15) is 0 Å². The molecule has 0 aromatic carbocycles. The fourth-order valence-corrected chi connectivity index (χ4v) is 1.94. The van der Waals surface area contributed by atoms with Crippen LogP contribution in [0.3, 0.4) is 0 Å². The SMILES string of the molecule is CCCNC(COC)C1CCC(C)O1. The first-order valence-corrected chi connectivity index (χ1v) is 5.65. The Hall–Kier alpha value is -0.120. The van der Waals surface area contributed by atoms with Gasteiger partial charge in [-0.1, -0.05) is 6.92 Å². The molecule has 1 aliphatic rings. The van der Waals surface area contributed by atoms with E-state index < -0.39 is 0 Å². The summed E-state index contributed by atoms with van der Waals surface area (Å²) in [6.07, 6.45) is 4.26. The Balaban J connectivity index is 2.33. The second-order valence-corrected chi connectivity index (χ2v) is 4.08. The molecular formula is C11H23NO2. The van der Waals surface area contributed by atoms with Crippen LogP contribution >= 0.6 is 0 Å². The number of hydrogen-bond acceptors (Lipinski definition) is 3. The lowest BCUT2D eigenvalue weighted by Gasteiger charge is -2.24. The Morgan fingerprint density at radius 2 is 2.29 bits per heavy atom. The van der Waals surface area contributed by atoms with Crippen molar-refractivity contribution >= 4 is 0 Å². The highest BCUT2D eigenvalue weighted by Gasteiger charge is 2.28. The van der Waals surface area contributed by atoms with Crippen molar-refractivity contribution in [3.05, 3.63) is 0 Å². The highest BCUT2D eigenvalue weighted by Crippen LogP contribution is 2.21. The summed E-state index contributed by atoms with van der Waals surface area (Å²) in [5.41, 5.74) is 0. The second-order valence-electron chi connectivity index (χ2n) is 4.08. The summed E-state index contributed by atoms with van der Waals surface area (Å²) in [6.45, 7) is 6.11. The third-order valence-electron chi connectivity index (χ3n) is 2.72. The van der Waals surface area contributed by atoms with E-state index in [1.54, 1.807) is 7.11 Å². The van der Waals surface area contributed by atoms with Crippen molar-refractivity contribution in [3.63, 3.8) is 0 Å². The minimum absolute atomic E-state index is 0.344. The molecule has 0 saturated carbocycles. The van der Waals surface area contributed by atoms with Crippen LogP contribution in [0, 0.1) is 0 Å². The van der Waals surface area contributed by atoms with Gasteiger partial charge in [0, 0.05) is 7.11 Å². The molecule has 3 heteroatoms. The number of nitrogens with one attached hydrogen (secondary N) is 1. The topological polar surface area (TPSA) is 30.5 Å². The zero-order valence-corrected chi connectivity index (χ0v) is 9.58. The van der Waals surface area contributed by atoms with E-state index >= 15 is 0 Å². The maximum absolute atomic E-state index is 5.83. The van der Waals surface area contributed by atoms with E-state index in [0.717, 1.165) is 26.0 Å². The summed E-state index contributed by atoms with van der Waals surface area (Å²) in [5.74, 6) is 0. The first kappa shape index (κ1) is 12.0. The van der Waals surface area contributed by atoms with Crippen LogP contribution in [-0.4, -0.2) is 38.5 Å². The molecule has 1 fully saturated rings. The molecule has 84 valence electrons. The van der Waals surface area contributed by atoms with Crippen LogP contribution in [0.15, 0.2) is 0 Å². The van der Waals surface area contributed by atoms with Crippen molar-refractivity contribution in [2.45, 2.75) is 51.4 Å². The van der Waals surface area contributed by atoms with Gasteiger partial charge in [0.15, 0.2) is 0 Å². The lowest BCUT2D eigenvalue weighted by molar-refractivity contribution is 0.0103. The third kappa shape index (κ3) is 3.56. The molecule has 0 amide bonds. The Morgan fingerprint density at radius 1 is 1.50 bits per heavy atom. The van der Waals surface area contributed by atoms with E-state index in [-0.39, 0.29) is 0 Å². The fraction of sp³-hybridized carbons (Fsp3) is 1.00. The van der Waals surface area contributed by atoms with Crippen molar-refractivity contribution in [1.82, 2.24) is 5.32 Å². The first-order chi connectivity index (χ1) is 6.77. The molecule has 1 heterocycles. The smallest absolute Gasteiger partial charge is 0.0755 e. The van der Waals surface area contributed by atoms with E-state index in [1.165, 1.54) is 6.42 Å². The van der Waals surface area contributed by atoms with Crippen molar-refractivity contribution < 1.29 is 9.47 Å². The summed E-state index contributed by atoms with van der Waals surface area (Å²) in [5, 5.41) is 3.48. The fourth-order valence-electron chi connectivity index (χ4n) is 1.94. The molecule has 0 bridgehead atoms. The van der Waals surface area contributed by atoms with Crippen LogP contribution in [0.5, 0.6) is 0 Å². The average Bonchev–Trinajstić information content (AvgIpc) is 2.59. The Bertz CT molecular complexity index is 152. The van der Waals surface area contributed by atoms with Crippen molar-refractivity contribution in [2.75, 3.05) is 20.3 Å². The lowest BCUT2D eigenvalue weighted by atomic mass is 10.1. The number of hydrogen-bond donors (Lipinski definition) is 1. The minimum atomic E-state index is 0.344. The van der Waals surface area contributed by atoms with Gasteiger partial charge >= 0.3 is 0 Å². The van der Waals surface area contributed by atoms with Gasteiger partial charge in [0.25, 0.3) is 0 Å². The zero-order valence-electron chi connectivity index (χ0n) is 9.58. The van der Waals surface area contributed by atoms with Crippen molar-refractivity contribution in [1.29, 1.82) is 0 Å². The number of ether oxygens (including phenoxy) is 2. The minimum Gasteiger partial charge on any atom is -0.383 e. The van der Waals surface area contributed by atoms with E-state index in [9.17, 15) is 0 Å². The van der Waals surface area contributed by atoms with Crippen molar-refractivity contribution in [3.8, 4) is 0 Å². The van der Waals surface area contributed by atoms with Crippen LogP contribution < -0.4 is 5.32 Å². The standard InChI is InChI=1S/C11H23NO2/c1-4-7-12-10(8-13-3)11-6-5-9(2)14-11/h9-12H,4-8H2,1-3H3. The van der Waals surface area contributed by atoms with Crippen LogP contribution in [0.2, 0.25) is 0 Å². The summed E-state index contributed by atoms with van der Waals surface area (Å²) < 4.78 is 11.0. The van der Waals surface area contributed by atoms with E-state index in [2.05, 4.69) is 19.2 Å². The largest absolute Gasteiger partial charge is 0.383 e. The van der Waals surface area contributed by atoms with Crippen LogP contribution in [0.25, 0.3) is 0 Å². The average molecular weight is 201 g/mol. The normalized spacial score (nSPS) is 29.4. The van der Waals surface area contributed by atoms with Gasteiger partial charge in [0.2, 0.25) is 0 Å². The summed E-state index contributed by atoms with van der Waals surface area (Å²) >= 11 is 0. The lowest BCUT2D eigenvalue weighted by Crippen LogP contribution is -2.43. The van der Waals surface area contributed by atoms with Gasteiger partial charge in [-0.25, -0.2) is 0 Å². The molecule has 1 saturated heterocycles. The molecule has 3 unspecified atom stereocenters. The highest BCUT2D eigenvalue weighted by atomic mass is 16.5. The number of rotatable bonds is 6. The van der Waals surface area contributed by atoms with Crippen LogP contribution in [-0.2, 0) is 9.47 Å². The molecule has 0 radical (unpaired) electrons. The Labute approximate surface area is 87.2 Å². The molecule has 3 nitrogen and oxygen atoms in total. The Kier molecular flexibility index (Phi) is 5.45. The molecule has 0 aliphatic carbocycles. The molecular weight excluding hydrogens is 178 g/mol. The highest BCUT2D eigenvalue weighted by molar-refractivity contribution is 4.82.